The second kappa shape index (κ2) is 6.99. The molecule has 0 radical (unpaired) electrons. The van der Waals surface area contributed by atoms with Crippen LogP contribution >= 0.6 is 11.3 Å². The molecule has 2 N–H and O–H groups in total. The van der Waals surface area contributed by atoms with Gasteiger partial charge in [-0.25, -0.2) is 0 Å². The maximum Gasteiger partial charge on any atom is 0.280 e. The van der Waals surface area contributed by atoms with Crippen molar-refractivity contribution in [3.63, 3.8) is 0 Å². The van der Waals surface area contributed by atoms with Gasteiger partial charge in [-0.15, -0.1) is 11.3 Å². The van der Waals surface area contributed by atoms with Crippen LogP contribution in [0.25, 0.3) is 0 Å². The number of carbonyl (C=O) groups excluding carboxylic acids is 1. The number of hydrogen-bond donors (Lipinski definition) is 2. The highest BCUT2D eigenvalue weighted by Gasteiger charge is 2.22. The van der Waals surface area contributed by atoms with Crippen LogP contribution in [0, 0.1) is 11.3 Å². The highest BCUT2D eigenvalue weighted by atomic mass is 32.1. The van der Waals surface area contributed by atoms with Gasteiger partial charge < -0.3 is 14.6 Å². The Morgan fingerprint density at radius 3 is 3.04 bits per heavy atom. The molecule has 6 heteroatoms. The largest absolute Gasteiger partial charge is 0.463 e. The van der Waals surface area contributed by atoms with E-state index in [1.165, 1.54) is 11.3 Å². The highest BCUT2D eigenvalue weighted by molar-refractivity contribution is 7.16. The molecule has 23 heavy (non-hydrogen) atoms. The van der Waals surface area contributed by atoms with Crippen LogP contribution in [0.15, 0.2) is 22.8 Å². The highest BCUT2D eigenvalue weighted by Crippen LogP contribution is 2.37. The lowest BCUT2D eigenvalue weighted by molar-refractivity contribution is -0.886. The zero-order valence-corrected chi connectivity index (χ0v) is 14.0. The van der Waals surface area contributed by atoms with E-state index in [2.05, 4.69) is 11.4 Å². The van der Waals surface area contributed by atoms with E-state index in [1.54, 1.807) is 17.6 Å². The summed E-state index contributed by atoms with van der Waals surface area (Å²) in [6, 6.07) is 6.02. The summed E-state index contributed by atoms with van der Waals surface area (Å²) < 4.78 is 5.30. The van der Waals surface area contributed by atoms with Gasteiger partial charge >= 0.3 is 0 Å². The van der Waals surface area contributed by atoms with E-state index in [9.17, 15) is 10.1 Å². The van der Waals surface area contributed by atoms with Gasteiger partial charge in [0.25, 0.3) is 5.91 Å². The third kappa shape index (κ3) is 3.63. The number of rotatable bonds is 5. The minimum absolute atomic E-state index is 0.0656. The molecule has 1 atom stereocenters. The van der Waals surface area contributed by atoms with Crippen molar-refractivity contribution in [2.75, 3.05) is 18.9 Å². The Kier molecular flexibility index (Phi) is 4.79. The first-order valence-corrected chi connectivity index (χ1v) is 8.67. The summed E-state index contributed by atoms with van der Waals surface area (Å²) in [5.41, 5.74) is 1.82. The number of furan rings is 1. The van der Waals surface area contributed by atoms with E-state index in [0.717, 1.165) is 40.5 Å². The van der Waals surface area contributed by atoms with Crippen LogP contribution in [0.1, 0.15) is 34.6 Å². The van der Waals surface area contributed by atoms with Crippen LogP contribution in [0.4, 0.5) is 5.00 Å². The van der Waals surface area contributed by atoms with E-state index >= 15 is 0 Å². The number of anilines is 1. The number of nitrogens with one attached hydrogen (secondary N) is 2. The number of quaternary nitrogens is 1. The van der Waals surface area contributed by atoms with Crippen LogP contribution in [0.3, 0.4) is 0 Å². The molecule has 2 aromatic heterocycles. The van der Waals surface area contributed by atoms with Crippen LogP contribution in [0.2, 0.25) is 0 Å². The molecule has 3 rings (SSSR count). The molecule has 1 amide bonds. The smallest absolute Gasteiger partial charge is 0.280 e. The van der Waals surface area contributed by atoms with Gasteiger partial charge in [0.2, 0.25) is 0 Å². The van der Waals surface area contributed by atoms with Gasteiger partial charge in [0, 0.05) is 4.88 Å². The number of thiophene rings is 1. The molecule has 0 aromatic carbocycles. The number of nitriles is 1. The van der Waals surface area contributed by atoms with Gasteiger partial charge in [0.05, 0.1) is 18.9 Å². The third-order valence-electron chi connectivity index (χ3n) is 4.05. The van der Waals surface area contributed by atoms with Crippen LogP contribution in [-0.4, -0.2) is 19.5 Å². The first-order chi connectivity index (χ1) is 11.2. The SMILES string of the molecule is C[NH+](CC(=O)Nc1sc2c(c1C#N)CCCC2)Cc1ccco1. The fourth-order valence-corrected chi connectivity index (χ4v) is 4.25. The standard InChI is InChI=1S/C17H19N3O2S/c1-20(10-12-5-4-8-22-12)11-16(21)19-17-14(9-18)13-6-2-3-7-15(13)23-17/h4-5,8H,2-3,6-7,10-11H2,1H3,(H,19,21)/p+1. The summed E-state index contributed by atoms with van der Waals surface area (Å²) >= 11 is 1.57. The quantitative estimate of drug-likeness (QED) is 0.877. The molecular formula is C17H20N3O2S+. The van der Waals surface area contributed by atoms with E-state index < -0.39 is 0 Å². The molecule has 1 aliphatic rings. The molecule has 120 valence electrons. The molecule has 5 nitrogen and oxygen atoms in total. The predicted octanol–water partition coefficient (Wildman–Crippen LogP) is 1.74. The van der Waals surface area contributed by atoms with E-state index in [4.69, 9.17) is 4.42 Å². The van der Waals surface area contributed by atoms with Crippen molar-refractivity contribution in [2.24, 2.45) is 0 Å². The summed E-state index contributed by atoms with van der Waals surface area (Å²) in [5, 5.41) is 13.1. The zero-order valence-electron chi connectivity index (χ0n) is 13.1. The molecule has 2 aromatic rings. The van der Waals surface area contributed by atoms with Crippen molar-refractivity contribution >= 4 is 22.2 Å². The minimum Gasteiger partial charge on any atom is -0.463 e. The Balaban J connectivity index is 1.64. The molecule has 0 saturated heterocycles. The lowest BCUT2D eigenvalue weighted by atomic mass is 9.96. The van der Waals surface area contributed by atoms with Gasteiger partial charge in [-0.3, -0.25) is 4.79 Å². The lowest BCUT2D eigenvalue weighted by Gasteiger charge is -2.12. The first-order valence-electron chi connectivity index (χ1n) is 7.85. The number of amides is 1. The summed E-state index contributed by atoms with van der Waals surface area (Å²) in [6.07, 6.45) is 5.91. The third-order valence-corrected chi connectivity index (χ3v) is 5.26. The van der Waals surface area contributed by atoms with Crippen molar-refractivity contribution in [3.8, 4) is 6.07 Å². The molecular weight excluding hydrogens is 310 g/mol. The molecule has 0 bridgehead atoms. The van der Waals surface area contributed by atoms with Crippen molar-refractivity contribution < 1.29 is 14.1 Å². The van der Waals surface area contributed by atoms with Crippen molar-refractivity contribution in [1.82, 2.24) is 0 Å². The fraction of sp³-hybridized carbons (Fsp3) is 0.412. The Bertz CT molecular complexity index is 728. The Morgan fingerprint density at radius 2 is 2.30 bits per heavy atom. The topological polar surface area (TPSA) is 70.5 Å². The average molecular weight is 330 g/mol. The zero-order chi connectivity index (χ0) is 16.2. The monoisotopic (exact) mass is 330 g/mol. The van der Waals surface area contributed by atoms with Gasteiger partial charge in [-0.2, -0.15) is 5.26 Å². The van der Waals surface area contributed by atoms with E-state index in [1.807, 2.05) is 19.2 Å². The Labute approximate surface area is 139 Å². The summed E-state index contributed by atoms with van der Waals surface area (Å²) in [6.45, 7) is 1.00. The fourth-order valence-electron chi connectivity index (χ4n) is 2.99. The van der Waals surface area contributed by atoms with Gasteiger partial charge in [-0.1, -0.05) is 0 Å². The Morgan fingerprint density at radius 1 is 1.48 bits per heavy atom. The maximum absolute atomic E-state index is 12.3. The molecule has 1 unspecified atom stereocenters. The van der Waals surface area contributed by atoms with Gasteiger partial charge in [0.15, 0.2) is 12.3 Å². The lowest BCUT2D eigenvalue weighted by Crippen LogP contribution is -3.08. The normalized spacial score (nSPS) is 14.8. The molecule has 0 aliphatic heterocycles. The second-order valence-corrected chi connectivity index (χ2v) is 7.07. The first kappa shape index (κ1) is 15.8. The van der Waals surface area contributed by atoms with Gasteiger partial charge in [0.1, 0.15) is 17.6 Å². The average Bonchev–Trinajstić information content (AvgIpc) is 3.13. The van der Waals surface area contributed by atoms with Crippen molar-refractivity contribution in [2.45, 2.75) is 32.2 Å². The number of carbonyl (C=O) groups is 1. The number of aryl methyl sites for hydroxylation is 1. The van der Waals surface area contributed by atoms with Crippen LogP contribution in [-0.2, 0) is 24.2 Å². The molecule has 0 fully saturated rings. The van der Waals surface area contributed by atoms with E-state index in [-0.39, 0.29) is 5.91 Å². The van der Waals surface area contributed by atoms with Crippen molar-refractivity contribution in [3.05, 3.63) is 40.2 Å². The van der Waals surface area contributed by atoms with Crippen LogP contribution in [0.5, 0.6) is 0 Å². The molecule has 0 saturated carbocycles. The summed E-state index contributed by atoms with van der Waals surface area (Å²) in [7, 11) is 1.95. The number of likely N-dealkylation sites (N-methyl/N-ethyl adjacent to an activating group) is 1. The minimum atomic E-state index is -0.0656. The number of hydrogen-bond acceptors (Lipinski definition) is 4. The molecule has 1 aliphatic carbocycles. The second-order valence-electron chi connectivity index (χ2n) is 5.97. The van der Waals surface area contributed by atoms with Gasteiger partial charge in [-0.05, 0) is 43.4 Å². The molecule has 0 spiro atoms. The number of nitrogens with zero attached hydrogens (tertiary/aromatic N) is 1. The summed E-state index contributed by atoms with van der Waals surface area (Å²) in [4.78, 5) is 14.6. The maximum atomic E-state index is 12.3. The predicted molar refractivity (Wildman–Crippen MR) is 88.5 cm³/mol. The van der Waals surface area contributed by atoms with Crippen LogP contribution < -0.4 is 10.2 Å². The van der Waals surface area contributed by atoms with Crippen molar-refractivity contribution in [1.29, 1.82) is 5.26 Å². The summed E-state index contributed by atoms with van der Waals surface area (Å²) in [5.74, 6) is 0.795. The van der Waals surface area contributed by atoms with E-state index in [0.29, 0.717) is 18.7 Å². The number of fused-ring (bicyclic) bond motifs is 1. The Hall–Kier alpha value is -2.10. The molecule has 2 heterocycles.